The molecule has 0 atom stereocenters. The van der Waals surface area contributed by atoms with E-state index in [-0.39, 0.29) is 0 Å². The zero-order chi connectivity index (χ0) is 21.2. The highest BCUT2D eigenvalue weighted by molar-refractivity contribution is 9.10. The fourth-order valence-electron chi connectivity index (χ4n) is 3.25. The number of methoxy groups -OCH3 is 1. The van der Waals surface area contributed by atoms with E-state index in [0.29, 0.717) is 23.9 Å². The molecular formula is C23H17BrN4O2S. The van der Waals surface area contributed by atoms with E-state index in [0.717, 1.165) is 36.3 Å². The Morgan fingerprint density at radius 3 is 2.65 bits per heavy atom. The fraction of sp³-hybridized carbons (Fsp3) is 0.0870. The summed E-state index contributed by atoms with van der Waals surface area (Å²) in [5.74, 6) is 1.91. The van der Waals surface area contributed by atoms with Crippen molar-refractivity contribution in [2.45, 2.75) is 6.61 Å². The minimum atomic E-state index is 0.349. The molecule has 5 aromatic rings. The van der Waals surface area contributed by atoms with E-state index >= 15 is 0 Å². The molecule has 0 aliphatic heterocycles. The Labute approximate surface area is 191 Å². The molecular weight excluding hydrogens is 476 g/mol. The topological polar surface area (TPSA) is 69.2 Å². The first-order chi connectivity index (χ1) is 15.2. The molecule has 31 heavy (non-hydrogen) atoms. The monoisotopic (exact) mass is 492 g/mol. The van der Waals surface area contributed by atoms with Gasteiger partial charge < -0.3 is 14.8 Å². The van der Waals surface area contributed by atoms with Gasteiger partial charge in [-0.25, -0.2) is 15.0 Å². The number of halogens is 1. The largest absolute Gasteiger partial charge is 0.493 e. The maximum absolute atomic E-state index is 6.11. The van der Waals surface area contributed by atoms with Crippen LogP contribution >= 0.6 is 27.3 Å². The highest BCUT2D eigenvalue weighted by Crippen LogP contribution is 2.36. The van der Waals surface area contributed by atoms with Gasteiger partial charge in [-0.05, 0) is 46.3 Å². The number of para-hydroxylation sites is 2. The minimum Gasteiger partial charge on any atom is -0.493 e. The van der Waals surface area contributed by atoms with Gasteiger partial charge in [0.05, 0.1) is 28.5 Å². The third-order valence-electron chi connectivity index (χ3n) is 4.74. The molecule has 0 saturated carbocycles. The fourth-order valence-corrected chi connectivity index (χ4v) is 4.51. The predicted octanol–water partition coefficient (Wildman–Crippen LogP) is 6.33. The lowest BCUT2D eigenvalue weighted by atomic mass is 10.2. The molecule has 5 rings (SSSR count). The molecule has 2 heterocycles. The lowest BCUT2D eigenvalue weighted by Crippen LogP contribution is -2.00. The second-order valence-corrected chi connectivity index (χ2v) is 8.68. The van der Waals surface area contributed by atoms with Crippen molar-refractivity contribution in [2.24, 2.45) is 0 Å². The van der Waals surface area contributed by atoms with Gasteiger partial charge in [-0.3, -0.25) is 0 Å². The Bertz CT molecular complexity index is 1360. The van der Waals surface area contributed by atoms with Crippen molar-refractivity contribution in [3.63, 3.8) is 0 Å². The van der Waals surface area contributed by atoms with Crippen LogP contribution in [0.15, 0.2) is 71.5 Å². The maximum Gasteiger partial charge on any atom is 0.162 e. The third kappa shape index (κ3) is 4.04. The van der Waals surface area contributed by atoms with Gasteiger partial charge in [-0.1, -0.05) is 24.3 Å². The molecule has 1 N–H and O–H groups in total. The van der Waals surface area contributed by atoms with Crippen molar-refractivity contribution >= 4 is 59.9 Å². The highest BCUT2D eigenvalue weighted by atomic mass is 79.9. The van der Waals surface area contributed by atoms with Crippen LogP contribution in [0, 0.1) is 0 Å². The van der Waals surface area contributed by atoms with Crippen LogP contribution in [0.4, 0.5) is 11.5 Å². The Hall–Kier alpha value is -3.23. The van der Waals surface area contributed by atoms with Crippen LogP contribution in [0.1, 0.15) is 5.01 Å². The summed E-state index contributed by atoms with van der Waals surface area (Å²) in [6.07, 6.45) is 1.53. The first-order valence-corrected chi connectivity index (χ1v) is 11.1. The quantitative estimate of drug-likeness (QED) is 0.298. The minimum absolute atomic E-state index is 0.349. The molecule has 3 aromatic carbocycles. The molecule has 6 nitrogen and oxygen atoms in total. The number of anilines is 2. The van der Waals surface area contributed by atoms with Gasteiger partial charge in [0.1, 0.15) is 23.8 Å². The maximum atomic E-state index is 6.11. The van der Waals surface area contributed by atoms with E-state index in [1.54, 1.807) is 18.4 Å². The van der Waals surface area contributed by atoms with Gasteiger partial charge in [0.25, 0.3) is 0 Å². The third-order valence-corrected chi connectivity index (χ3v) is 6.44. The number of rotatable bonds is 6. The number of benzene rings is 3. The van der Waals surface area contributed by atoms with Gasteiger partial charge in [0, 0.05) is 15.9 Å². The van der Waals surface area contributed by atoms with E-state index in [4.69, 9.17) is 9.47 Å². The van der Waals surface area contributed by atoms with Crippen molar-refractivity contribution in [3.8, 4) is 11.5 Å². The van der Waals surface area contributed by atoms with Gasteiger partial charge in [-0.15, -0.1) is 11.3 Å². The van der Waals surface area contributed by atoms with Gasteiger partial charge >= 0.3 is 0 Å². The summed E-state index contributed by atoms with van der Waals surface area (Å²) in [4.78, 5) is 13.5. The summed E-state index contributed by atoms with van der Waals surface area (Å²) in [6, 6.07) is 19.7. The number of nitrogens with zero attached hydrogens (tertiary/aromatic N) is 3. The number of thiazole rings is 1. The van der Waals surface area contributed by atoms with E-state index in [9.17, 15) is 0 Å². The zero-order valence-corrected chi connectivity index (χ0v) is 18.9. The van der Waals surface area contributed by atoms with E-state index in [2.05, 4.69) is 42.3 Å². The Morgan fingerprint density at radius 1 is 0.968 bits per heavy atom. The molecule has 8 heteroatoms. The molecule has 0 amide bonds. The Balaban J connectivity index is 1.48. The molecule has 0 fully saturated rings. The van der Waals surface area contributed by atoms with Crippen molar-refractivity contribution in [1.29, 1.82) is 0 Å². The van der Waals surface area contributed by atoms with Crippen LogP contribution in [0.25, 0.3) is 21.1 Å². The summed E-state index contributed by atoms with van der Waals surface area (Å²) in [6.45, 7) is 0.349. The average molecular weight is 493 g/mol. The number of hydrogen-bond acceptors (Lipinski definition) is 7. The van der Waals surface area contributed by atoms with Crippen LogP contribution in [0.3, 0.4) is 0 Å². The van der Waals surface area contributed by atoms with Crippen LogP contribution in [0.2, 0.25) is 0 Å². The van der Waals surface area contributed by atoms with Crippen LogP contribution in [-0.4, -0.2) is 22.1 Å². The van der Waals surface area contributed by atoms with Crippen molar-refractivity contribution in [2.75, 3.05) is 12.4 Å². The van der Waals surface area contributed by atoms with Crippen LogP contribution in [0.5, 0.6) is 11.5 Å². The van der Waals surface area contributed by atoms with Gasteiger partial charge in [0.2, 0.25) is 0 Å². The van der Waals surface area contributed by atoms with Crippen LogP contribution in [-0.2, 0) is 6.61 Å². The number of hydrogen-bond donors (Lipinski definition) is 1. The summed E-state index contributed by atoms with van der Waals surface area (Å²) in [7, 11) is 1.62. The molecule has 2 aromatic heterocycles. The average Bonchev–Trinajstić information content (AvgIpc) is 3.22. The van der Waals surface area contributed by atoms with E-state index < -0.39 is 0 Å². The van der Waals surface area contributed by atoms with Crippen molar-refractivity contribution < 1.29 is 9.47 Å². The Morgan fingerprint density at radius 2 is 1.81 bits per heavy atom. The highest BCUT2D eigenvalue weighted by Gasteiger charge is 2.14. The number of aromatic nitrogens is 3. The van der Waals surface area contributed by atoms with Gasteiger partial charge in [-0.2, -0.15) is 0 Å². The van der Waals surface area contributed by atoms with Crippen molar-refractivity contribution in [3.05, 3.63) is 76.5 Å². The molecule has 0 unspecified atom stereocenters. The first-order valence-electron chi connectivity index (χ1n) is 9.53. The number of nitrogens with one attached hydrogen (secondary N) is 1. The molecule has 0 radical (unpaired) electrons. The zero-order valence-electron chi connectivity index (χ0n) is 16.5. The van der Waals surface area contributed by atoms with Crippen molar-refractivity contribution in [1.82, 2.24) is 15.0 Å². The second-order valence-electron chi connectivity index (χ2n) is 6.71. The predicted molar refractivity (Wildman–Crippen MR) is 127 cm³/mol. The summed E-state index contributed by atoms with van der Waals surface area (Å²) >= 11 is 5.18. The second kappa shape index (κ2) is 8.49. The normalized spacial score (nSPS) is 11.0. The Kier molecular flexibility index (Phi) is 5.40. The smallest absolute Gasteiger partial charge is 0.162 e. The molecule has 0 bridgehead atoms. The van der Waals surface area contributed by atoms with Crippen LogP contribution < -0.4 is 14.8 Å². The first kappa shape index (κ1) is 19.7. The van der Waals surface area contributed by atoms with E-state index in [1.807, 2.05) is 54.6 Å². The molecule has 0 aliphatic rings. The van der Waals surface area contributed by atoms with Gasteiger partial charge in [0.15, 0.2) is 11.5 Å². The van der Waals surface area contributed by atoms with E-state index in [1.165, 1.54) is 6.33 Å². The summed E-state index contributed by atoms with van der Waals surface area (Å²) < 4.78 is 13.7. The standard InChI is InChI=1S/C23H17BrN4O2S/c1-29-19-11-18-14(23(26-13-25-18)28-16-7-3-2-6-15(16)24)10-20(19)30-12-22-27-17-8-4-5-9-21(17)31-22/h2-11,13H,12H2,1H3,(H,25,26,28). The SMILES string of the molecule is COc1cc2ncnc(Nc3ccccc3Br)c2cc1OCc1nc2ccccc2s1. The molecule has 154 valence electrons. The molecule has 0 saturated heterocycles. The summed E-state index contributed by atoms with van der Waals surface area (Å²) in [5, 5.41) is 5.10. The number of fused-ring (bicyclic) bond motifs is 2. The summed E-state index contributed by atoms with van der Waals surface area (Å²) in [5.41, 5.74) is 2.65. The molecule has 0 spiro atoms. The lowest BCUT2D eigenvalue weighted by Gasteiger charge is -2.14. The lowest BCUT2D eigenvalue weighted by molar-refractivity contribution is 0.285. The number of ether oxygens (including phenoxy) is 2. The molecule has 0 aliphatic carbocycles.